The molecule has 146 valence electrons. The molecule has 3 heterocycles. The Bertz CT molecular complexity index is 987. The van der Waals surface area contributed by atoms with Gasteiger partial charge in [0.25, 0.3) is 11.8 Å². The van der Waals surface area contributed by atoms with Gasteiger partial charge in [0.15, 0.2) is 0 Å². The molecule has 28 heavy (non-hydrogen) atoms. The minimum Gasteiger partial charge on any atom is -0.333 e. The minimum atomic E-state index is -0.119. The van der Waals surface area contributed by atoms with Gasteiger partial charge in [0, 0.05) is 35.6 Å². The third-order valence-corrected chi connectivity index (χ3v) is 6.67. The van der Waals surface area contributed by atoms with E-state index in [0.717, 1.165) is 10.4 Å². The van der Waals surface area contributed by atoms with E-state index in [1.807, 2.05) is 6.92 Å². The smallest absolute Gasteiger partial charge is 0.257 e. The molecule has 1 aromatic heterocycles. The Hall–Kier alpha value is -2.38. The van der Waals surface area contributed by atoms with Crippen LogP contribution in [0.15, 0.2) is 24.3 Å². The fraction of sp³-hybridized carbons (Fsp3) is 0.350. The number of halogens is 1. The van der Waals surface area contributed by atoms with E-state index in [2.05, 4.69) is 0 Å². The Morgan fingerprint density at radius 1 is 1.25 bits per heavy atom. The van der Waals surface area contributed by atoms with Crippen molar-refractivity contribution in [1.29, 1.82) is 0 Å². The number of hydrogen-bond donors (Lipinski definition) is 0. The third-order valence-electron chi connectivity index (χ3n) is 5.19. The summed E-state index contributed by atoms with van der Waals surface area (Å²) in [6.45, 7) is 3.46. The van der Waals surface area contributed by atoms with Gasteiger partial charge in [-0.15, -0.1) is 11.3 Å². The highest BCUT2D eigenvalue weighted by atomic mass is 35.5. The standard InChI is InChI=1S/C20H20ClN3O3S/c1-3-24-16(25)11-22(2)19(27)17-14-7-8-23(10-15(14)28-20(17)24)18(26)12-5-4-6-13(21)9-12/h4-6,9H,3,7-8,10-11H2,1-2H3. The number of fused-ring (bicyclic) bond motifs is 3. The molecule has 0 bridgehead atoms. The highest BCUT2D eigenvalue weighted by Gasteiger charge is 2.36. The maximum atomic E-state index is 12.9. The Morgan fingerprint density at radius 3 is 2.75 bits per heavy atom. The van der Waals surface area contributed by atoms with Crippen molar-refractivity contribution in [1.82, 2.24) is 9.80 Å². The lowest BCUT2D eigenvalue weighted by atomic mass is 10.0. The summed E-state index contributed by atoms with van der Waals surface area (Å²) >= 11 is 7.47. The topological polar surface area (TPSA) is 60.9 Å². The Morgan fingerprint density at radius 2 is 2.04 bits per heavy atom. The molecule has 0 fully saturated rings. The molecule has 0 spiro atoms. The van der Waals surface area contributed by atoms with Gasteiger partial charge in [-0.05, 0) is 37.1 Å². The summed E-state index contributed by atoms with van der Waals surface area (Å²) in [5, 5.41) is 1.24. The van der Waals surface area contributed by atoms with Crippen LogP contribution in [0.4, 0.5) is 5.00 Å². The van der Waals surface area contributed by atoms with Gasteiger partial charge in [0.05, 0.1) is 12.1 Å². The molecule has 2 aromatic rings. The molecule has 0 saturated heterocycles. The van der Waals surface area contributed by atoms with Gasteiger partial charge in [-0.25, -0.2) is 0 Å². The molecular formula is C20H20ClN3O3S. The molecule has 1 aromatic carbocycles. The van der Waals surface area contributed by atoms with Gasteiger partial charge in [-0.1, -0.05) is 17.7 Å². The van der Waals surface area contributed by atoms with Gasteiger partial charge < -0.3 is 14.7 Å². The lowest BCUT2D eigenvalue weighted by Crippen LogP contribution is -2.38. The van der Waals surface area contributed by atoms with Gasteiger partial charge >= 0.3 is 0 Å². The highest BCUT2D eigenvalue weighted by Crippen LogP contribution is 2.41. The summed E-state index contributed by atoms with van der Waals surface area (Å²) in [5.74, 6) is -0.280. The van der Waals surface area contributed by atoms with Crippen molar-refractivity contribution in [3.63, 3.8) is 0 Å². The van der Waals surface area contributed by atoms with Crippen LogP contribution in [0.2, 0.25) is 5.02 Å². The quantitative estimate of drug-likeness (QED) is 0.754. The molecule has 0 saturated carbocycles. The maximum Gasteiger partial charge on any atom is 0.257 e. The predicted octanol–water partition coefficient (Wildman–Crippen LogP) is 3.04. The summed E-state index contributed by atoms with van der Waals surface area (Å²) in [6.07, 6.45) is 0.596. The zero-order chi connectivity index (χ0) is 20.0. The summed E-state index contributed by atoms with van der Waals surface area (Å²) < 4.78 is 0. The fourth-order valence-electron chi connectivity index (χ4n) is 3.76. The number of benzene rings is 1. The second kappa shape index (κ2) is 7.22. The lowest BCUT2D eigenvalue weighted by Gasteiger charge is -2.27. The molecular weight excluding hydrogens is 398 g/mol. The van der Waals surface area contributed by atoms with E-state index >= 15 is 0 Å². The molecule has 2 aliphatic heterocycles. The first-order chi connectivity index (χ1) is 13.4. The number of anilines is 1. The van der Waals surface area contributed by atoms with Crippen molar-refractivity contribution in [3.05, 3.63) is 50.9 Å². The van der Waals surface area contributed by atoms with Gasteiger partial charge in [0.2, 0.25) is 5.91 Å². The van der Waals surface area contributed by atoms with E-state index in [0.29, 0.717) is 47.2 Å². The average molecular weight is 418 g/mol. The van der Waals surface area contributed by atoms with Crippen molar-refractivity contribution >= 4 is 45.7 Å². The van der Waals surface area contributed by atoms with Crippen LogP contribution in [0.5, 0.6) is 0 Å². The van der Waals surface area contributed by atoms with E-state index in [-0.39, 0.29) is 24.3 Å². The zero-order valence-corrected chi connectivity index (χ0v) is 17.3. The first kappa shape index (κ1) is 19.0. The summed E-state index contributed by atoms with van der Waals surface area (Å²) in [6, 6.07) is 6.92. The molecule has 8 heteroatoms. The van der Waals surface area contributed by atoms with Crippen molar-refractivity contribution in [2.45, 2.75) is 19.9 Å². The van der Waals surface area contributed by atoms with Crippen LogP contribution in [-0.2, 0) is 17.8 Å². The zero-order valence-electron chi connectivity index (χ0n) is 15.7. The first-order valence-electron chi connectivity index (χ1n) is 9.16. The second-order valence-electron chi connectivity index (χ2n) is 6.97. The lowest BCUT2D eigenvalue weighted by molar-refractivity contribution is -0.118. The van der Waals surface area contributed by atoms with Crippen molar-refractivity contribution < 1.29 is 14.4 Å². The van der Waals surface area contributed by atoms with Crippen LogP contribution >= 0.6 is 22.9 Å². The van der Waals surface area contributed by atoms with Crippen LogP contribution in [-0.4, -0.2) is 54.2 Å². The number of amides is 3. The van der Waals surface area contributed by atoms with E-state index in [4.69, 9.17) is 11.6 Å². The van der Waals surface area contributed by atoms with Crippen molar-refractivity contribution in [2.24, 2.45) is 0 Å². The SMILES string of the molecule is CCN1C(=O)CN(C)C(=O)c2c1sc1c2CCN(C(=O)c2cccc(Cl)c2)C1. The highest BCUT2D eigenvalue weighted by molar-refractivity contribution is 7.17. The van der Waals surface area contributed by atoms with Gasteiger partial charge in [0.1, 0.15) is 11.5 Å². The first-order valence-corrected chi connectivity index (χ1v) is 10.3. The number of hydrogen-bond acceptors (Lipinski definition) is 4. The molecule has 4 rings (SSSR count). The molecule has 0 unspecified atom stereocenters. The number of nitrogens with zero attached hydrogens (tertiary/aromatic N) is 3. The van der Waals surface area contributed by atoms with Crippen LogP contribution in [0.25, 0.3) is 0 Å². The summed E-state index contributed by atoms with van der Waals surface area (Å²) in [5.41, 5.74) is 2.15. The molecule has 0 aliphatic carbocycles. The number of carbonyl (C=O) groups is 3. The van der Waals surface area contributed by atoms with Crippen LogP contribution < -0.4 is 4.90 Å². The molecule has 0 N–H and O–H groups in total. The normalized spacial score (nSPS) is 16.8. The van der Waals surface area contributed by atoms with Crippen molar-refractivity contribution in [2.75, 3.05) is 31.6 Å². The average Bonchev–Trinajstić information content (AvgIpc) is 3.01. The third kappa shape index (κ3) is 3.08. The second-order valence-corrected chi connectivity index (χ2v) is 8.49. The molecule has 0 radical (unpaired) electrons. The van der Waals surface area contributed by atoms with Crippen LogP contribution in [0.3, 0.4) is 0 Å². The Labute approximate surface area is 172 Å². The monoisotopic (exact) mass is 417 g/mol. The Balaban J connectivity index is 1.69. The number of thiophene rings is 1. The van der Waals surface area contributed by atoms with E-state index in [1.165, 1.54) is 16.2 Å². The van der Waals surface area contributed by atoms with Crippen LogP contribution in [0, 0.1) is 0 Å². The molecule has 0 atom stereocenters. The number of carbonyl (C=O) groups excluding carboxylic acids is 3. The fourth-order valence-corrected chi connectivity index (χ4v) is 5.39. The Kier molecular flexibility index (Phi) is 4.89. The molecule has 3 amide bonds. The minimum absolute atomic E-state index is 0.0800. The predicted molar refractivity (Wildman–Crippen MR) is 109 cm³/mol. The number of rotatable bonds is 2. The van der Waals surface area contributed by atoms with Gasteiger partial charge in [-0.3, -0.25) is 14.4 Å². The molecule has 2 aliphatic rings. The largest absolute Gasteiger partial charge is 0.333 e. The van der Waals surface area contributed by atoms with Crippen molar-refractivity contribution in [3.8, 4) is 0 Å². The van der Waals surface area contributed by atoms with Crippen LogP contribution in [0.1, 0.15) is 38.1 Å². The van der Waals surface area contributed by atoms with E-state index < -0.39 is 0 Å². The molecule has 6 nitrogen and oxygen atoms in total. The maximum absolute atomic E-state index is 12.9. The van der Waals surface area contributed by atoms with E-state index in [9.17, 15) is 14.4 Å². The number of likely N-dealkylation sites (N-methyl/N-ethyl adjacent to an activating group) is 2. The van der Waals surface area contributed by atoms with Gasteiger partial charge in [-0.2, -0.15) is 0 Å². The summed E-state index contributed by atoms with van der Waals surface area (Å²) in [4.78, 5) is 44.2. The van der Waals surface area contributed by atoms with E-state index in [1.54, 1.807) is 41.1 Å². The summed E-state index contributed by atoms with van der Waals surface area (Å²) in [7, 11) is 1.66.